The number of nitro groups is 1. The Bertz CT molecular complexity index is 632. The number of nitrogens with two attached hydrogens (primary N) is 1. The Morgan fingerprint density at radius 2 is 1.90 bits per heavy atom. The molecule has 6 nitrogen and oxygen atoms in total. The Balaban J connectivity index is 2.04. The van der Waals surface area contributed by atoms with Gasteiger partial charge < -0.3 is 10.2 Å². The number of nitrogen functional groups attached to an aromatic ring is 1. The van der Waals surface area contributed by atoms with E-state index in [0.29, 0.717) is 17.2 Å². The predicted octanol–water partition coefficient (Wildman–Crippen LogP) is 3.25. The molecule has 21 heavy (non-hydrogen) atoms. The Morgan fingerprint density at radius 3 is 2.52 bits per heavy atom. The number of anilines is 1. The van der Waals surface area contributed by atoms with Crippen molar-refractivity contribution in [1.29, 1.82) is 0 Å². The summed E-state index contributed by atoms with van der Waals surface area (Å²) in [5, 5.41) is 11.6. The van der Waals surface area contributed by atoms with Crippen LogP contribution in [0.25, 0.3) is 0 Å². The number of halogens is 1. The van der Waals surface area contributed by atoms with E-state index in [0.717, 1.165) is 5.56 Å². The van der Waals surface area contributed by atoms with Gasteiger partial charge in [0.2, 0.25) is 0 Å². The van der Waals surface area contributed by atoms with Gasteiger partial charge >= 0.3 is 0 Å². The number of nitrogens with zero attached hydrogens (tertiary/aromatic N) is 1. The number of hydrogen-bond acceptors (Lipinski definition) is 5. The first-order valence-corrected chi connectivity index (χ1v) is 6.54. The van der Waals surface area contributed by atoms with Crippen molar-refractivity contribution in [2.45, 2.75) is 13.2 Å². The minimum absolute atomic E-state index is 0.0786. The lowest BCUT2D eigenvalue weighted by molar-refractivity contribution is -0.384. The fourth-order valence-electron chi connectivity index (χ4n) is 1.89. The van der Waals surface area contributed by atoms with Gasteiger partial charge in [0.15, 0.2) is 0 Å². The number of nitrogens with one attached hydrogen (secondary N) is 1. The number of hydrogen-bond donors (Lipinski definition) is 2. The molecule has 110 valence electrons. The van der Waals surface area contributed by atoms with Crippen molar-refractivity contribution >= 4 is 23.0 Å². The summed E-state index contributed by atoms with van der Waals surface area (Å²) < 4.78 is 5.56. The van der Waals surface area contributed by atoms with Crippen LogP contribution in [-0.2, 0) is 18.0 Å². The van der Waals surface area contributed by atoms with Crippen LogP contribution < -0.4 is 11.3 Å². The van der Waals surface area contributed by atoms with Crippen molar-refractivity contribution in [3.8, 4) is 0 Å². The molecule has 0 bridgehead atoms. The van der Waals surface area contributed by atoms with Gasteiger partial charge in [0.1, 0.15) is 5.69 Å². The smallest absolute Gasteiger partial charge is 0.294 e. The molecule has 0 radical (unpaired) electrons. The fourth-order valence-corrected chi connectivity index (χ4v) is 2.01. The second-order valence-corrected chi connectivity index (χ2v) is 4.77. The molecule has 0 saturated heterocycles. The van der Waals surface area contributed by atoms with E-state index < -0.39 is 4.92 Å². The second-order valence-electron chi connectivity index (χ2n) is 4.33. The molecule has 0 fully saturated rings. The van der Waals surface area contributed by atoms with Crippen LogP contribution in [0.3, 0.4) is 0 Å². The van der Waals surface area contributed by atoms with Gasteiger partial charge in [-0.05, 0) is 17.7 Å². The SMILES string of the molecule is NNc1c(COCc2ccc(Cl)cc2)cccc1[N+](=O)[O-]. The van der Waals surface area contributed by atoms with E-state index in [1.165, 1.54) is 6.07 Å². The lowest BCUT2D eigenvalue weighted by Gasteiger charge is -2.10. The second kappa shape index (κ2) is 7.03. The van der Waals surface area contributed by atoms with Crippen LogP contribution in [0.15, 0.2) is 42.5 Å². The molecule has 0 atom stereocenters. The van der Waals surface area contributed by atoms with Gasteiger partial charge in [-0.1, -0.05) is 35.9 Å². The zero-order chi connectivity index (χ0) is 15.2. The van der Waals surface area contributed by atoms with Gasteiger partial charge in [-0.25, -0.2) is 0 Å². The van der Waals surface area contributed by atoms with Crippen LogP contribution in [0.5, 0.6) is 0 Å². The van der Waals surface area contributed by atoms with Crippen molar-refractivity contribution in [2.75, 3.05) is 5.43 Å². The topological polar surface area (TPSA) is 90.4 Å². The van der Waals surface area contributed by atoms with Crippen molar-refractivity contribution < 1.29 is 9.66 Å². The van der Waals surface area contributed by atoms with Crippen LogP contribution >= 0.6 is 11.6 Å². The normalized spacial score (nSPS) is 10.4. The Kier molecular flexibility index (Phi) is 5.10. The average molecular weight is 308 g/mol. The Morgan fingerprint density at radius 1 is 1.19 bits per heavy atom. The first-order chi connectivity index (χ1) is 10.1. The molecule has 2 aromatic rings. The third kappa shape index (κ3) is 3.91. The highest BCUT2D eigenvalue weighted by Gasteiger charge is 2.16. The highest BCUT2D eigenvalue weighted by molar-refractivity contribution is 6.30. The van der Waals surface area contributed by atoms with Gasteiger partial charge in [-0.2, -0.15) is 0 Å². The first kappa shape index (κ1) is 15.2. The van der Waals surface area contributed by atoms with Gasteiger partial charge in [0.25, 0.3) is 5.69 Å². The zero-order valence-corrected chi connectivity index (χ0v) is 11.8. The maximum atomic E-state index is 10.9. The molecule has 0 saturated carbocycles. The maximum absolute atomic E-state index is 10.9. The van der Waals surface area contributed by atoms with Crippen LogP contribution in [0.1, 0.15) is 11.1 Å². The molecule has 7 heteroatoms. The van der Waals surface area contributed by atoms with Crippen LogP contribution in [0.4, 0.5) is 11.4 Å². The summed E-state index contributed by atoms with van der Waals surface area (Å²) in [7, 11) is 0. The summed E-state index contributed by atoms with van der Waals surface area (Å²) in [5.41, 5.74) is 4.14. The van der Waals surface area contributed by atoms with Gasteiger partial charge in [-0.15, -0.1) is 0 Å². The summed E-state index contributed by atoms with van der Waals surface area (Å²) in [5.74, 6) is 5.36. The van der Waals surface area contributed by atoms with Crippen molar-refractivity contribution in [2.24, 2.45) is 5.84 Å². The molecule has 0 aliphatic carbocycles. The van der Waals surface area contributed by atoms with E-state index in [1.54, 1.807) is 24.3 Å². The fraction of sp³-hybridized carbons (Fsp3) is 0.143. The number of nitro benzene ring substituents is 1. The molecule has 0 aliphatic rings. The minimum atomic E-state index is -0.488. The number of benzene rings is 2. The van der Waals surface area contributed by atoms with E-state index in [2.05, 4.69) is 5.43 Å². The average Bonchev–Trinajstić information content (AvgIpc) is 2.49. The van der Waals surface area contributed by atoms with Crippen LogP contribution in [0, 0.1) is 10.1 Å². The summed E-state index contributed by atoms with van der Waals surface area (Å²) in [4.78, 5) is 10.4. The third-order valence-corrected chi connectivity index (χ3v) is 3.16. The molecule has 0 spiro atoms. The molecular formula is C14H14ClN3O3. The van der Waals surface area contributed by atoms with E-state index in [1.807, 2.05) is 12.1 Å². The summed E-state index contributed by atoms with van der Waals surface area (Å²) in [6.45, 7) is 0.591. The standard InChI is InChI=1S/C14H14ClN3O3/c15-12-6-4-10(5-7-12)8-21-9-11-2-1-3-13(18(19)20)14(11)17-16/h1-7,17H,8-9,16H2. The summed E-state index contributed by atoms with van der Waals surface area (Å²) >= 11 is 5.80. The Hall–Kier alpha value is -2.15. The van der Waals surface area contributed by atoms with Crippen molar-refractivity contribution in [3.05, 3.63) is 68.7 Å². The van der Waals surface area contributed by atoms with E-state index in [4.69, 9.17) is 22.2 Å². The van der Waals surface area contributed by atoms with Crippen molar-refractivity contribution in [3.63, 3.8) is 0 Å². The summed E-state index contributed by atoms with van der Waals surface area (Å²) in [6.07, 6.45) is 0. The monoisotopic (exact) mass is 307 g/mol. The molecule has 0 amide bonds. The quantitative estimate of drug-likeness (QED) is 0.485. The zero-order valence-electron chi connectivity index (χ0n) is 11.1. The number of ether oxygens (including phenoxy) is 1. The highest BCUT2D eigenvalue weighted by Crippen LogP contribution is 2.28. The van der Waals surface area contributed by atoms with Gasteiger partial charge in [0, 0.05) is 16.7 Å². The molecular weight excluding hydrogens is 294 g/mol. The Labute approximate surface area is 126 Å². The largest absolute Gasteiger partial charge is 0.372 e. The molecule has 2 rings (SSSR count). The highest BCUT2D eigenvalue weighted by atomic mass is 35.5. The predicted molar refractivity (Wildman–Crippen MR) is 80.9 cm³/mol. The molecule has 0 unspecified atom stereocenters. The molecule has 0 heterocycles. The van der Waals surface area contributed by atoms with Crippen molar-refractivity contribution in [1.82, 2.24) is 0 Å². The summed E-state index contributed by atoms with van der Waals surface area (Å²) in [6, 6.07) is 12.0. The number of para-hydroxylation sites is 1. The molecule has 0 aromatic heterocycles. The van der Waals surface area contributed by atoms with E-state index >= 15 is 0 Å². The van der Waals surface area contributed by atoms with Crippen LogP contribution in [-0.4, -0.2) is 4.92 Å². The minimum Gasteiger partial charge on any atom is -0.372 e. The van der Waals surface area contributed by atoms with Gasteiger partial charge in [0.05, 0.1) is 18.1 Å². The molecule has 3 N–H and O–H groups in total. The molecule has 0 aliphatic heterocycles. The van der Waals surface area contributed by atoms with E-state index in [9.17, 15) is 10.1 Å². The molecule has 2 aromatic carbocycles. The lowest BCUT2D eigenvalue weighted by Crippen LogP contribution is -2.12. The maximum Gasteiger partial charge on any atom is 0.294 e. The third-order valence-electron chi connectivity index (χ3n) is 2.91. The lowest BCUT2D eigenvalue weighted by atomic mass is 10.1. The number of hydrazine groups is 1. The number of rotatable bonds is 6. The first-order valence-electron chi connectivity index (χ1n) is 6.17. The van der Waals surface area contributed by atoms with Gasteiger partial charge in [-0.3, -0.25) is 16.0 Å². The van der Waals surface area contributed by atoms with Crippen LogP contribution in [0.2, 0.25) is 5.02 Å². The van der Waals surface area contributed by atoms with E-state index in [-0.39, 0.29) is 18.0 Å².